The molecule has 0 spiro atoms. The molecule has 27 heavy (non-hydrogen) atoms. The number of methoxy groups -OCH3 is 1. The molecular formula is C18H26N4O4S. The highest BCUT2D eigenvalue weighted by Gasteiger charge is 2.36. The summed E-state index contributed by atoms with van der Waals surface area (Å²) in [7, 11) is -2.26. The third-order valence-corrected chi connectivity index (χ3v) is 7.17. The van der Waals surface area contributed by atoms with Crippen molar-refractivity contribution >= 4 is 10.0 Å². The Kier molecular flexibility index (Phi) is 5.55. The highest BCUT2D eigenvalue weighted by Crippen LogP contribution is 2.36. The van der Waals surface area contributed by atoms with Crippen LogP contribution in [0.4, 0.5) is 0 Å². The Morgan fingerprint density at radius 1 is 1.26 bits per heavy atom. The van der Waals surface area contributed by atoms with E-state index in [-0.39, 0.29) is 16.5 Å². The van der Waals surface area contributed by atoms with Crippen molar-refractivity contribution in [2.24, 2.45) is 5.73 Å². The zero-order valence-corrected chi connectivity index (χ0v) is 16.8. The molecule has 0 atom stereocenters. The molecule has 0 radical (unpaired) electrons. The lowest BCUT2D eigenvalue weighted by Gasteiger charge is -2.20. The Hall–Kier alpha value is -1.97. The van der Waals surface area contributed by atoms with Crippen LogP contribution in [-0.4, -0.2) is 43.1 Å². The van der Waals surface area contributed by atoms with Gasteiger partial charge in [-0.2, -0.15) is 9.29 Å². The molecule has 0 bridgehead atoms. The fraction of sp³-hybridized carbons (Fsp3) is 0.556. The van der Waals surface area contributed by atoms with E-state index >= 15 is 0 Å². The first-order valence-corrected chi connectivity index (χ1v) is 10.6. The third-order valence-electron chi connectivity index (χ3n) is 5.10. The Labute approximate surface area is 159 Å². The molecule has 0 unspecified atom stereocenters. The van der Waals surface area contributed by atoms with E-state index in [0.717, 1.165) is 25.7 Å². The number of hydrogen-bond acceptors (Lipinski definition) is 7. The molecule has 1 aromatic carbocycles. The summed E-state index contributed by atoms with van der Waals surface area (Å²) in [5.41, 5.74) is 6.34. The quantitative estimate of drug-likeness (QED) is 0.768. The number of nitrogens with two attached hydrogens (primary N) is 1. The maximum atomic E-state index is 13.0. The lowest BCUT2D eigenvalue weighted by Crippen LogP contribution is -2.34. The van der Waals surface area contributed by atoms with Gasteiger partial charge in [-0.05, 0) is 31.0 Å². The first-order chi connectivity index (χ1) is 12.9. The van der Waals surface area contributed by atoms with Crippen LogP contribution in [0.5, 0.6) is 5.75 Å². The SMILES string of the molecule is CCN(CC)S(=O)(=O)c1cc(-c2nc(C3(N)CCCC3)no2)ccc1OC. The maximum Gasteiger partial charge on any atom is 0.258 e. The number of rotatable bonds is 7. The fourth-order valence-electron chi connectivity index (χ4n) is 3.49. The molecule has 2 aromatic rings. The summed E-state index contributed by atoms with van der Waals surface area (Å²) < 4.78 is 38.0. The van der Waals surface area contributed by atoms with Crippen molar-refractivity contribution in [3.05, 3.63) is 24.0 Å². The highest BCUT2D eigenvalue weighted by atomic mass is 32.2. The second kappa shape index (κ2) is 7.57. The molecule has 0 amide bonds. The normalized spacial score (nSPS) is 16.8. The summed E-state index contributed by atoms with van der Waals surface area (Å²) >= 11 is 0. The summed E-state index contributed by atoms with van der Waals surface area (Å²) in [6.07, 6.45) is 3.71. The molecule has 2 N–H and O–H groups in total. The standard InChI is InChI=1S/C18H26N4O4S/c1-4-22(5-2)27(23,24)15-12-13(8-9-14(15)25-3)16-20-17(21-26-16)18(19)10-6-7-11-18/h8-9,12H,4-7,10-11,19H2,1-3H3. The summed E-state index contributed by atoms with van der Waals surface area (Å²) in [6.45, 7) is 4.33. The van der Waals surface area contributed by atoms with Crippen LogP contribution in [0.15, 0.2) is 27.6 Å². The molecule has 0 aliphatic heterocycles. The number of benzene rings is 1. The van der Waals surface area contributed by atoms with Crippen molar-refractivity contribution in [2.75, 3.05) is 20.2 Å². The Morgan fingerprint density at radius 3 is 2.52 bits per heavy atom. The van der Waals surface area contributed by atoms with E-state index in [1.807, 2.05) is 0 Å². The van der Waals surface area contributed by atoms with Crippen LogP contribution < -0.4 is 10.5 Å². The molecule has 1 aliphatic rings. The zero-order chi connectivity index (χ0) is 19.7. The minimum absolute atomic E-state index is 0.0780. The first-order valence-electron chi connectivity index (χ1n) is 9.17. The average Bonchev–Trinajstić information content (AvgIpc) is 3.32. The lowest BCUT2D eigenvalue weighted by molar-refractivity contribution is 0.372. The molecule has 1 aliphatic carbocycles. The summed E-state index contributed by atoms with van der Waals surface area (Å²) in [6, 6.07) is 4.82. The predicted molar refractivity (Wildman–Crippen MR) is 101 cm³/mol. The monoisotopic (exact) mass is 394 g/mol. The van der Waals surface area contributed by atoms with Gasteiger partial charge in [-0.25, -0.2) is 8.42 Å². The van der Waals surface area contributed by atoms with E-state index in [4.69, 9.17) is 15.0 Å². The summed E-state index contributed by atoms with van der Waals surface area (Å²) in [5, 5.41) is 4.05. The van der Waals surface area contributed by atoms with Crippen LogP contribution in [0.3, 0.4) is 0 Å². The fourth-order valence-corrected chi connectivity index (χ4v) is 5.13. The molecule has 1 aromatic heterocycles. The zero-order valence-electron chi connectivity index (χ0n) is 15.9. The van der Waals surface area contributed by atoms with E-state index in [0.29, 0.717) is 24.5 Å². The molecule has 3 rings (SSSR count). The Bertz CT molecular complexity index is 900. The van der Waals surface area contributed by atoms with E-state index in [1.54, 1.807) is 26.0 Å². The smallest absolute Gasteiger partial charge is 0.258 e. The third kappa shape index (κ3) is 3.59. The number of nitrogens with zero attached hydrogens (tertiary/aromatic N) is 3. The minimum atomic E-state index is -3.70. The van der Waals surface area contributed by atoms with E-state index in [1.165, 1.54) is 17.5 Å². The average molecular weight is 394 g/mol. The molecule has 1 fully saturated rings. The van der Waals surface area contributed by atoms with Crippen LogP contribution in [0.1, 0.15) is 45.4 Å². The lowest BCUT2D eigenvalue weighted by atomic mass is 9.99. The molecule has 148 valence electrons. The molecule has 1 saturated carbocycles. The Morgan fingerprint density at radius 2 is 1.93 bits per heavy atom. The van der Waals surface area contributed by atoms with Gasteiger partial charge in [0, 0.05) is 18.7 Å². The van der Waals surface area contributed by atoms with Crippen molar-refractivity contribution in [3.63, 3.8) is 0 Å². The van der Waals surface area contributed by atoms with Crippen molar-refractivity contribution < 1.29 is 17.7 Å². The molecule has 9 heteroatoms. The molecule has 1 heterocycles. The second-order valence-electron chi connectivity index (χ2n) is 6.74. The molecule has 0 saturated heterocycles. The van der Waals surface area contributed by atoms with Gasteiger partial charge in [0.2, 0.25) is 10.0 Å². The van der Waals surface area contributed by atoms with Crippen molar-refractivity contribution in [3.8, 4) is 17.2 Å². The van der Waals surface area contributed by atoms with Crippen LogP contribution in [0.2, 0.25) is 0 Å². The van der Waals surface area contributed by atoms with Gasteiger partial charge in [-0.15, -0.1) is 0 Å². The van der Waals surface area contributed by atoms with E-state index in [9.17, 15) is 8.42 Å². The van der Waals surface area contributed by atoms with Crippen molar-refractivity contribution in [2.45, 2.75) is 50.0 Å². The predicted octanol–water partition coefficient (Wildman–Crippen LogP) is 2.50. The van der Waals surface area contributed by atoms with E-state index < -0.39 is 15.6 Å². The molecular weight excluding hydrogens is 368 g/mol. The van der Waals surface area contributed by atoms with Gasteiger partial charge in [0.25, 0.3) is 5.89 Å². The van der Waals surface area contributed by atoms with Crippen molar-refractivity contribution in [1.29, 1.82) is 0 Å². The van der Waals surface area contributed by atoms with Crippen LogP contribution in [0.25, 0.3) is 11.5 Å². The minimum Gasteiger partial charge on any atom is -0.495 e. The van der Waals surface area contributed by atoms with Gasteiger partial charge >= 0.3 is 0 Å². The van der Waals surface area contributed by atoms with Gasteiger partial charge < -0.3 is 15.0 Å². The topological polar surface area (TPSA) is 112 Å². The van der Waals surface area contributed by atoms with Gasteiger partial charge in [-0.3, -0.25) is 0 Å². The van der Waals surface area contributed by atoms with Gasteiger partial charge in [0.05, 0.1) is 12.6 Å². The summed E-state index contributed by atoms with van der Waals surface area (Å²) in [4.78, 5) is 4.52. The first kappa shape index (κ1) is 19.8. The number of hydrogen-bond donors (Lipinski definition) is 1. The van der Waals surface area contributed by atoms with Gasteiger partial charge in [-0.1, -0.05) is 31.8 Å². The Balaban J connectivity index is 2.03. The van der Waals surface area contributed by atoms with Gasteiger partial charge in [0.15, 0.2) is 5.82 Å². The molecule has 8 nitrogen and oxygen atoms in total. The highest BCUT2D eigenvalue weighted by molar-refractivity contribution is 7.89. The van der Waals surface area contributed by atoms with Crippen LogP contribution in [0, 0.1) is 0 Å². The van der Waals surface area contributed by atoms with Crippen LogP contribution >= 0.6 is 0 Å². The van der Waals surface area contributed by atoms with Gasteiger partial charge in [0.1, 0.15) is 10.6 Å². The van der Waals surface area contributed by atoms with Crippen LogP contribution in [-0.2, 0) is 15.6 Å². The van der Waals surface area contributed by atoms with Crippen molar-refractivity contribution in [1.82, 2.24) is 14.4 Å². The second-order valence-corrected chi connectivity index (χ2v) is 8.65. The number of ether oxygens (including phenoxy) is 1. The number of sulfonamides is 1. The number of aromatic nitrogens is 2. The van der Waals surface area contributed by atoms with E-state index in [2.05, 4.69) is 10.1 Å². The largest absolute Gasteiger partial charge is 0.495 e. The maximum absolute atomic E-state index is 13.0. The summed E-state index contributed by atoms with van der Waals surface area (Å²) in [5.74, 6) is 0.996.